The number of hydrazine groups is 1. The van der Waals surface area contributed by atoms with E-state index in [2.05, 4.69) is 10.3 Å². The van der Waals surface area contributed by atoms with Crippen molar-refractivity contribution in [1.29, 1.82) is 0 Å². The van der Waals surface area contributed by atoms with Crippen molar-refractivity contribution in [2.45, 2.75) is 19.9 Å². The number of carbonyl (C=O) groups excluding carboxylic acids is 1. The number of hydrogen-bond acceptors (Lipinski definition) is 4. The molecule has 5 heteroatoms. The standard InChI is InChI=1S/C14H23N3O2/c1-3-19-9-8-17(2)11-13-7-5-4-6-12(13)10-14(18)16-15/h4-7H,3,8-11,15H2,1-2H3,(H,16,18). The second-order valence-electron chi connectivity index (χ2n) is 4.45. The fraction of sp³-hybridized carbons (Fsp3) is 0.500. The van der Waals surface area contributed by atoms with Gasteiger partial charge in [0.2, 0.25) is 5.91 Å². The molecule has 0 saturated carbocycles. The third-order valence-electron chi connectivity index (χ3n) is 2.89. The lowest BCUT2D eigenvalue weighted by Crippen LogP contribution is -2.32. The van der Waals surface area contributed by atoms with Gasteiger partial charge in [0.15, 0.2) is 0 Å². The normalized spacial score (nSPS) is 10.7. The number of ether oxygens (including phenoxy) is 1. The molecule has 19 heavy (non-hydrogen) atoms. The van der Waals surface area contributed by atoms with Crippen molar-refractivity contribution in [2.75, 3.05) is 26.8 Å². The van der Waals surface area contributed by atoms with Gasteiger partial charge >= 0.3 is 0 Å². The molecule has 1 aromatic rings. The van der Waals surface area contributed by atoms with E-state index in [0.717, 1.165) is 37.4 Å². The van der Waals surface area contributed by atoms with Gasteiger partial charge in [-0.25, -0.2) is 5.84 Å². The summed E-state index contributed by atoms with van der Waals surface area (Å²) in [4.78, 5) is 13.5. The van der Waals surface area contributed by atoms with Gasteiger partial charge in [-0.3, -0.25) is 15.1 Å². The van der Waals surface area contributed by atoms with Crippen molar-refractivity contribution >= 4 is 5.91 Å². The first kappa shape index (κ1) is 15.6. The molecular formula is C14H23N3O2. The largest absolute Gasteiger partial charge is 0.380 e. The van der Waals surface area contributed by atoms with Gasteiger partial charge in [-0.2, -0.15) is 0 Å². The van der Waals surface area contributed by atoms with Crippen molar-refractivity contribution in [3.63, 3.8) is 0 Å². The molecule has 1 amide bonds. The lowest BCUT2D eigenvalue weighted by atomic mass is 10.0. The summed E-state index contributed by atoms with van der Waals surface area (Å²) in [6.45, 7) is 5.10. The molecule has 0 unspecified atom stereocenters. The van der Waals surface area contributed by atoms with Crippen molar-refractivity contribution in [3.8, 4) is 0 Å². The van der Waals surface area contributed by atoms with Crippen LogP contribution in [0.15, 0.2) is 24.3 Å². The van der Waals surface area contributed by atoms with Gasteiger partial charge in [0, 0.05) is 19.7 Å². The minimum Gasteiger partial charge on any atom is -0.380 e. The molecule has 0 atom stereocenters. The molecule has 0 saturated heterocycles. The zero-order valence-corrected chi connectivity index (χ0v) is 11.7. The van der Waals surface area contributed by atoms with E-state index >= 15 is 0 Å². The molecule has 5 nitrogen and oxygen atoms in total. The van der Waals surface area contributed by atoms with Crippen LogP contribution in [0.4, 0.5) is 0 Å². The van der Waals surface area contributed by atoms with Crippen molar-refractivity contribution in [2.24, 2.45) is 5.84 Å². The highest BCUT2D eigenvalue weighted by atomic mass is 16.5. The summed E-state index contributed by atoms with van der Waals surface area (Å²) >= 11 is 0. The second kappa shape index (κ2) is 8.63. The van der Waals surface area contributed by atoms with Crippen LogP contribution in [-0.4, -0.2) is 37.6 Å². The molecule has 0 aliphatic carbocycles. The Balaban J connectivity index is 2.59. The van der Waals surface area contributed by atoms with Crippen LogP contribution in [0.2, 0.25) is 0 Å². The maximum absolute atomic E-state index is 11.4. The lowest BCUT2D eigenvalue weighted by molar-refractivity contribution is -0.120. The highest BCUT2D eigenvalue weighted by Gasteiger charge is 2.08. The SMILES string of the molecule is CCOCCN(C)Cc1ccccc1CC(=O)NN. The number of hydrogen-bond donors (Lipinski definition) is 2. The Morgan fingerprint density at radius 2 is 2.05 bits per heavy atom. The monoisotopic (exact) mass is 265 g/mol. The number of nitrogens with one attached hydrogen (secondary N) is 1. The van der Waals surface area contributed by atoms with Crippen LogP contribution >= 0.6 is 0 Å². The highest BCUT2D eigenvalue weighted by molar-refractivity contribution is 5.78. The summed E-state index contributed by atoms with van der Waals surface area (Å²) < 4.78 is 5.33. The molecule has 3 N–H and O–H groups in total. The Morgan fingerprint density at radius 1 is 1.37 bits per heavy atom. The average molecular weight is 265 g/mol. The molecule has 0 aliphatic rings. The van der Waals surface area contributed by atoms with E-state index in [1.807, 2.05) is 38.2 Å². The third-order valence-corrected chi connectivity index (χ3v) is 2.89. The molecule has 1 rings (SSSR count). The minimum atomic E-state index is -0.176. The minimum absolute atomic E-state index is 0.176. The van der Waals surface area contributed by atoms with E-state index in [0.29, 0.717) is 6.42 Å². The van der Waals surface area contributed by atoms with Crippen molar-refractivity contribution in [3.05, 3.63) is 35.4 Å². The molecule has 0 aliphatic heterocycles. The Kier molecular flexibility index (Phi) is 7.10. The molecule has 106 valence electrons. The summed E-state index contributed by atoms with van der Waals surface area (Å²) in [6, 6.07) is 7.91. The fourth-order valence-electron chi connectivity index (χ4n) is 1.84. The van der Waals surface area contributed by atoms with Gasteiger partial charge < -0.3 is 4.74 Å². The van der Waals surface area contributed by atoms with E-state index in [-0.39, 0.29) is 5.91 Å². The van der Waals surface area contributed by atoms with Gasteiger partial charge in [-0.15, -0.1) is 0 Å². The summed E-state index contributed by atoms with van der Waals surface area (Å²) in [7, 11) is 2.04. The first-order chi connectivity index (χ1) is 9.17. The van der Waals surface area contributed by atoms with E-state index < -0.39 is 0 Å². The smallest absolute Gasteiger partial charge is 0.238 e. The van der Waals surface area contributed by atoms with Crippen LogP contribution < -0.4 is 11.3 Å². The number of amides is 1. The predicted octanol–water partition coefficient (Wildman–Crippen LogP) is 0.687. The molecule has 0 aromatic heterocycles. The first-order valence-electron chi connectivity index (χ1n) is 6.49. The van der Waals surface area contributed by atoms with Crippen LogP contribution in [0.3, 0.4) is 0 Å². The number of nitrogens with two attached hydrogens (primary N) is 1. The van der Waals surface area contributed by atoms with Gasteiger partial charge in [-0.05, 0) is 25.1 Å². The Labute approximate surface area is 114 Å². The number of benzene rings is 1. The number of likely N-dealkylation sites (N-methyl/N-ethyl adjacent to an activating group) is 1. The predicted molar refractivity (Wildman–Crippen MR) is 75.3 cm³/mol. The summed E-state index contributed by atoms with van der Waals surface area (Å²) in [5, 5.41) is 0. The Morgan fingerprint density at radius 3 is 2.68 bits per heavy atom. The van der Waals surface area contributed by atoms with Gasteiger partial charge in [0.25, 0.3) is 0 Å². The van der Waals surface area contributed by atoms with E-state index in [1.54, 1.807) is 0 Å². The zero-order chi connectivity index (χ0) is 14.1. The number of carbonyl (C=O) groups is 1. The third kappa shape index (κ3) is 5.83. The first-order valence-corrected chi connectivity index (χ1v) is 6.49. The Hall–Kier alpha value is -1.43. The van der Waals surface area contributed by atoms with Crippen LogP contribution in [-0.2, 0) is 22.5 Å². The summed E-state index contributed by atoms with van der Waals surface area (Å²) in [6.07, 6.45) is 0.311. The number of rotatable bonds is 8. The van der Waals surface area contributed by atoms with Crippen LogP contribution in [0.1, 0.15) is 18.1 Å². The summed E-state index contributed by atoms with van der Waals surface area (Å²) in [5.74, 6) is 4.95. The van der Waals surface area contributed by atoms with Gasteiger partial charge in [-0.1, -0.05) is 24.3 Å². The average Bonchev–Trinajstić information content (AvgIpc) is 2.41. The van der Waals surface area contributed by atoms with Crippen LogP contribution in [0, 0.1) is 0 Å². The van der Waals surface area contributed by atoms with Crippen molar-refractivity contribution < 1.29 is 9.53 Å². The molecule has 0 bridgehead atoms. The fourth-order valence-corrected chi connectivity index (χ4v) is 1.84. The Bertz CT molecular complexity index is 396. The zero-order valence-electron chi connectivity index (χ0n) is 11.7. The van der Waals surface area contributed by atoms with Crippen molar-refractivity contribution in [1.82, 2.24) is 10.3 Å². The lowest BCUT2D eigenvalue weighted by Gasteiger charge is -2.18. The van der Waals surface area contributed by atoms with Gasteiger partial charge in [0.1, 0.15) is 0 Å². The molecule has 0 spiro atoms. The van der Waals surface area contributed by atoms with E-state index in [1.165, 1.54) is 0 Å². The van der Waals surface area contributed by atoms with Crippen LogP contribution in [0.25, 0.3) is 0 Å². The maximum atomic E-state index is 11.4. The topological polar surface area (TPSA) is 67.6 Å². The molecule has 0 fully saturated rings. The van der Waals surface area contributed by atoms with Crippen LogP contribution in [0.5, 0.6) is 0 Å². The van der Waals surface area contributed by atoms with Gasteiger partial charge in [0.05, 0.1) is 13.0 Å². The summed E-state index contributed by atoms with van der Waals surface area (Å²) in [5.41, 5.74) is 4.32. The van der Waals surface area contributed by atoms with E-state index in [4.69, 9.17) is 10.6 Å². The molecule has 0 heterocycles. The van der Waals surface area contributed by atoms with E-state index in [9.17, 15) is 4.79 Å². The highest BCUT2D eigenvalue weighted by Crippen LogP contribution is 2.11. The molecule has 0 radical (unpaired) electrons. The maximum Gasteiger partial charge on any atom is 0.238 e. The quantitative estimate of drug-likeness (QED) is 0.314. The molecule has 1 aromatic carbocycles. The number of nitrogens with zero attached hydrogens (tertiary/aromatic N) is 1. The second-order valence-corrected chi connectivity index (χ2v) is 4.45. The molecular weight excluding hydrogens is 242 g/mol.